The second kappa shape index (κ2) is 9.82. The summed E-state index contributed by atoms with van der Waals surface area (Å²) < 4.78 is 10.9. The van der Waals surface area contributed by atoms with Gasteiger partial charge >= 0.3 is 0 Å². The number of rotatable bonds is 7. The first kappa shape index (κ1) is 20.5. The van der Waals surface area contributed by atoms with Gasteiger partial charge in [0.15, 0.2) is 11.5 Å². The number of carbonyl (C=O) groups is 1. The van der Waals surface area contributed by atoms with Crippen molar-refractivity contribution in [2.75, 3.05) is 44.8 Å². The van der Waals surface area contributed by atoms with E-state index in [9.17, 15) is 4.79 Å². The van der Waals surface area contributed by atoms with Crippen LogP contribution in [0.2, 0.25) is 0 Å². The van der Waals surface area contributed by atoms with Gasteiger partial charge in [-0.2, -0.15) is 0 Å². The number of hydrogen-bond donors (Lipinski definition) is 0. The average Bonchev–Trinajstić information content (AvgIpc) is 2.76. The third kappa shape index (κ3) is 5.19. The minimum Gasteiger partial charge on any atom is -0.493 e. The van der Waals surface area contributed by atoms with E-state index in [0.29, 0.717) is 18.1 Å². The summed E-state index contributed by atoms with van der Waals surface area (Å²) >= 11 is 0. The summed E-state index contributed by atoms with van der Waals surface area (Å²) in [6.45, 7) is 9.30. The van der Waals surface area contributed by atoms with Gasteiger partial charge in [-0.05, 0) is 42.3 Å². The van der Waals surface area contributed by atoms with Crippen LogP contribution in [0.3, 0.4) is 0 Å². The molecule has 1 saturated heterocycles. The highest BCUT2D eigenvalue weighted by Crippen LogP contribution is 2.28. The van der Waals surface area contributed by atoms with Gasteiger partial charge in [0.1, 0.15) is 6.61 Å². The van der Waals surface area contributed by atoms with Crippen LogP contribution in [0, 0.1) is 6.92 Å². The van der Waals surface area contributed by atoms with E-state index in [4.69, 9.17) is 9.47 Å². The third-order valence-electron chi connectivity index (χ3n) is 5.01. The van der Waals surface area contributed by atoms with E-state index < -0.39 is 0 Å². The van der Waals surface area contributed by atoms with Crippen molar-refractivity contribution in [3.8, 4) is 11.5 Å². The number of hydrogen-bond acceptors (Lipinski definition) is 4. The second-order valence-electron chi connectivity index (χ2n) is 6.94. The van der Waals surface area contributed by atoms with Gasteiger partial charge in [-0.3, -0.25) is 4.79 Å². The first-order chi connectivity index (χ1) is 14.1. The summed E-state index contributed by atoms with van der Waals surface area (Å²) in [6, 6.07) is 14.0. The zero-order valence-corrected chi connectivity index (χ0v) is 17.1. The topological polar surface area (TPSA) is 42.0 Å². The summed E-state index contributed by atoms with van der Waals surface area (Å²) in [5, 5.41) is 0. The zero-order chi connectivity index (χ0) is 20.6. The fraction of sp³-hybridized carbons (Fsp3) is 0.292. The first-order valence-electron chi connectivity index (χ1n) is 9.81. The van der Waals surface area contributed by atoms with Gasteiger partial charge in [0.25, 0.3) is 0 Å². The Labute approximate surface area is 172 Å². The van der Waals surface area contributed by atoms with Crippen LogP contribution in [-0.4, -0.2) is 50.7 Å². The summed E-state index contributed by atoms with van der Waals surface area (Å²) in [4.78, 5) is 16.8. The number of aryl methyl sites for hydroxylation is 1. The number of para-hydroxylation sites is 1. The molecule has 0 aliphatic carbocycles. The van der Waals surface area contributed by atoms with Gasteiger partial charge < -0.3 is 19.3 Å². The molecule has 1 aliphatic heterocycles. The highest BCUT2D eigenvalue weighted by atomic mass is 16.5. The van der Waals surface area contributed by atoms with E-state index in [1.807, 2.05) is 29.2 Å². The monoisotopic (exact) mass is 392 g/mol. The van der Waals surface area contributed by atoms with Gasteiger partial charge in [0.2, 0.25) is 5.91 Å². The molecule has 1 heterocycles. The molecule has 0 N–H and O–H groups in total. The maximum absolute atomic E-state index is 12.6. The van der Waals surface area contributed by atoms with E-state index in [2.05, 4.69) is 42.7 Å². The average molecular weight is 392 g/mol. The lowest BCUT2D eigenvalue weighted by atomic mass is 10.1. The normalized spacial score (nSPS) is 14.1. The van der Waals surface area contributed by atoms with Crippen molar-refractivity contribution in [2.45, 2.75) is 6.92 Å². The summed E-state index contributed by atoms with van der Waals surface area (Å²) in [7, 11) is 1.60. The number of ether oxygens (including phenoxy) is 2. The first-order valence-corrected chi connectivity index (χ1v) is 9.81. The summed E-state index contributed by atoms with van der Waals surface area (Å²) in [6.07, 6.45) is 5.13. The minimum atomic E-state index is 0.0281. The highest BCUT2D eigenvalue weighted by Gasteiger charge is 2.20. The molecular weight excluding hydrogens is 364 g/mol. The molecule has 0 aromatic heterocycles. The van der Waals surface area contributed by atoms with Crippen molar-refractivity contribution in [3.05, 3.63) is 72.3 Å². The molecule has 29 heavy (non-hydrogen) atoms. The van der Waals surface area contributed by atoms with E-state index in [1.165, 1.54) is 11.3 Å². The number of piperazine rings is 1. The number of benzene rings is 2. The van der Waals surface area contributed by atoms with Crippen LogP contribution in [0.25, 0.3) is 6.08 Å². The number of amides is 1. The Morgan fingerprint density at radius 3 is 2.55 bits per heavy atom. The van der Waals surface area contributed by atoms with Crippen LogP contribution in [0.1, 0.15) is 11.1 Å². The Bertz CT molecular complexity index is 883. The highest BCUT2D eigenvalue weighted by molar-refractivity contribution is 5.92. The van der Waals surface area contributed by atoms with Crippen LogP contribution in [0.5, 0.6) is 11.5 Å². The van der Waals surface area contributed by atoms with Gasteiger partial charge in [0, 0.05) is 37.9 Å². The molecule has 1 fully saturated rings. The standard InChI is InChI=1S/C24H28N2O3/c1-4-17-29-22-11-9-20(18-23(22)28-3)10-12-24(27)26-15-13-25(14-16-26)21-8-6-5-7-19(21)2/h4-12,18H,1,13-17H2,2-3H3/b12-10+. The third-order valence-corrected chi connectivity index (χ3v) is 5.01. The van der Waals surface area contributed by atoms with Gasteiger partial charge in [-0.1, -0.05) is 36.9 Å². The molecule has 5 heteroatoms. The zero-order valence-electron chi connectivity index (χ0n) is 17.1. The lowest BCUT2D eigenvalue weighted by Gasteiger charge is -2.36. The Balaban J connectivity index is 1.59. The summed E-state index contributed by atoms with van der Waals surface area (Å²) in [5.41, 5.74) is 3.40. The smallest absolute Gasteiger partial charge is 0.246 e. The molecule has 0 unspecified atom stereocenters. The van der Waals surface area contributed by atoms with Crippen molar-refractivity contribution in [1.29, 1.82) is 0 Å². The van der Waals surface area contributed by atoms with Crippen LogP contribution < -0.4 is 14.4 Å². The van der Waals surface area contributed by atoms with Crippen LogP contribution >= 0.6 is 0 Å². The predicted molar refractivity (Wildman–Crippen MR) is 118 cm³/mol. The SMILES string of the molecule is C=CCOc1ccc(/C=C/C(=O)N2CCN(c3ccccc3C)CC2)cc1OC. The molecule has 0 spiro atoms. The number of methoxy groups -OCH3 is 1. The lowest BCUT2D eigenvalue weighted by Crippen LogP contribution is -2.48. The number of carbonyl (C=O) groups excluding carboxylic acids is 1. The molecular formula is C24H28N2O3. The van der Waals surface area contributed by atoms with Crippen molar-refractivity contribution in [3.63, 3.8) is 0 Å². The van der Waals surface area contributed by atoms with Crippen LogP contribution in [-0.2, 0) is 4.79 Å². The number of anilines is 1. The minimum absolute atomic E-state index is 0.0281. The van der Waals surface area contributed by atoms with Crippen LogP contribution in [0.15, 0.2) is 61.2 Å². The van der Waals surface area contributed by atoms with Gasteiger partial charge in [-0.25, -0.2) is 0 Å². The second-order valence-corrected chi connectivity index (χ2v) is 6.94. The van der Waals surface area contributed by atoms with Crippen molar-refractivity contribution < 1.29 is 14.3 Å². The molecule has 2 aromatic carbocycles. The fourth-order valence-corrected chi connectivity index (χ4v) is 3.41. The largest absolute Gasteiger partial charge is 0.493 e. The van der Waals surface area contributed by atoms with E-state index in [1.54, 1.807) is 19.3 Å². The molecule has 2 aromatic rings. The Hall–Kier alpha value is -3.21. The molecule has 0 radical (unpaired) electrons. The summed E-state index contributed by atoms with van der Waals surface area (Å²) in [5.74, 6) is 1.32. The molecule has 3 rings (SSSR count). The lowest BCUT2D eigenvalue weighted by molar-refractivity contribution is -0.126. The van der Waals surface area contributed by atoms with E-state index >= 15 is 0 Å². The molecule has 5 nitrogen and oxygen atoms in total. The Morgan fingerprint density at radius 1 is 1.10 bits per heavy atom. The van der Waals surface area contributed by atoms with E-state index in [-0.39, 0.29) is 5.91 Å². The quantitative estimate of drug-likeness (QED) is 0.529. The van der Waals surface area contributed by atoms with Crippen LogP contribution in [0.4, 0.5) is 5.69 Å². The maximum atomic E-state index is 12.6. The molecule has 152 valence electrons. The molecule has 1 aliphatic rings. The van der Waals surface area contributed by atoms with E-state index in [0.717, 1.165) is 31.7 Å². The van der Waals surface area contributed by atoms with Crippen molar-refractivity contribution in [1.82, 2.24) is 4.90 Å². The van der Waals surface area contributed by atoms with Gasteiger partial charge in [0.05, 0.1) is 7.11 Å². The van der Waals surface area contributed by atoms with Gasteiger partial charge in [-0.15, -0.1) is 0 Å². The maximum Gasteiger partial charge on any atom is 0.246 e. The molecule has 0 atom stereocenters. The molecule has 0 bridgehead atoms. The fourth-order valence-electron chi connectivity index (χ4n) is 3.41. The predicted octanol–water partition coefficient (Wildman–Crippen LogP) is 3.93. The Kier molecular flexibility index (Phi) is 6.95. The molecule has 1 amide bonds. The van der Waals surface area contributed by atoms with Crippen molar-refractivity contribution >= 4 is 17.7 Å². The van der Waals surface area contributed by atoms with Crippen molar-refractivity contribution in [2.24, 2.45) is 0 Å². The molecule has 0 saturated carbocycles. The Morgan fingerprint density at radius 2 is 1.86 bits per heavy atom. The number of nitrogens with zero attached hydrogens (tertiary/aromatic N) is 2.